The van der Waals surface area contributed by atoms with Crippen molar-refractivity contribution in [3.63, 3.8) is 0 Å². The third-order valence-electron chi connectivity index (χ3n) is 6.19. The number of carbonyl (C=O) groups is 3. The number of nitrogens with zero attached hydrogens (tertiary/aromatic N) is 3. The molecule has 0 spiro atoms. The number of likely N-dealkylation sites (tertiary alicyclic amines) is 1. The molecule has 0 radical (unpaired) electrons. The van der Waals surface area contributed by atoms with Gasteiger partial charge in [-0.3, -0.25) is 24.7 Å². The number of ketones is 1. The summed E-state index contributed by atoms with van der Waals surface area (Å²) in [6, 6.07) is 7.82. The molecule has 1 aliphatic heterocycles. The van der Waals surface area contributed by atoms with E-state index >= 15 is 0 Å². The summed E-state index contributed by atoms with van der Waals surface area (Å²) in [7, 11) is 0. The number of rotatable bonds is 7. The number of nitro benzene ring substituents is 1. The van der Waals surface area contributed by atoms with E-state index in [0.717, 1.165) is 0 Å². The number of amides is 1. The van der Waals surface area contributed by atoms with Crippen LogP contribution in [0.5, 0.6) is 0 Å². The highest BCUT2D eigenvalue weighted by Crippen LogP contribution is 2.42. The second-order valence-corrected chi connectivity index (χ2v) is 8.48. The van der Waals surface area contributed by atoms with Crippen LogP contribution >= 0.6 is 0 Å². The summed E-state index contributed by atoms with van der Waals surface area (Å²) in [6.07, 6.45) is 3.13. The smallest absolute Gasteiger partial charge is 0.355 e. The molecule has 11 nitrogen and oxygen atoms in total. The third-order valence-corrected chi connectivity index (χ3v) is 6.19. The van der Waals surface area contributed by atoms with Crippen molar-refractivity contribution < 1.29 is 29.2 Å². The SMILES string of the molecule is CCOC(=O)c1[nH]c(C)c(/C(O)=C2\C(=O)C(=O)N(Cc3cccnc3)[C@H]2c2ccc([N+](=O)[O-])cc2)c1C. The number of aliphatic hydroxyl groups is 1. The Morgan fingerprint density at radius 1 is 1.22 bits per heavy atom. The number of Topliss-reactive ketones (excluding diaryl/α,β-unsaturated/α-hetero) is 1. The van der Waals surface area contributed by atoms with Crippen LogP contribution in [-0.2, 0) is 20.9 Å². The number of pyridine rings is 1. The van der Waals surface area contributed by atoms with E-state index in [2.05, 4.69) is 9.97 Å². The van der Waals surface area contributed by atoms with Crippen molar-refractivity contribution in [3.8, 4) is 0 Å². The van der Waals surface area contributed by atoms with Crippen LogP contribution in [0.2, 0.25) is 0 Å². The Morgan fingerprint density at radius 2 is 1.92 bits per heavy atom. The Balaban J connectivity index is 1.89. The molecule has 3 aromatic rings. The predicted molar refractivity (Wildman–Crippen MR) is 131 cm³/mol. The van der Waals surface area contributed by atoms with Gasteiger partial charge in [-0.05, 0) is 55.7 Å². The number of H-pyrrole nitrogens is 1. The minimum atomic E-state index is -1.04. The van der Waals surface area contributed by atoms with E-state index in [1.807, 2.05) is 0 Å². The summed E-state index contributed by atoms with van der Waals surface area (Å²) in [5, 5.41) is 22.6. The lowest BCUT2D eigenvalue weighted by Gasteiger charge is -2.25. The van der Waals surface area contributed by atoms with Crippen molar-refractivity contribution in [2.45, 2.75) is 33.4 Å². The van der Waals surface area contributed by atoms with Crippen molar-refractivity contribution in [1.29, 1.82) is 0 Å². The van der Waals surface area contributed by atoms with Gasteiger partial charge in [0.2, 0.25) is 0 Å². The fourth-order valence-electron chi connectivity index (χ4n) is 4.50. The van der Waals surface area contributed by atoms with Crippen molar-refractivity contribution >= 4 is 29.1 Å². The largest absolute Gasteiger partial charge is 0.507 e. The van der Waals surface area contributed by atoms with Gasteiger partial charge in [0.05, 0.1) is 23.1 Å². The zero-order valence-electron chi connectivity index (χ0n) is 20.3. The molecule has 4 rings (SSSR count). The second-order valence-electron chi connectivity index (χ2n) is 8.48. The molecule has 1 fully saturated rings. The number of esters is 1. The maximum Gasteiger partial charge on any atom is 0.355 e. The zero-order valence-corrected chi connectivity index (χ0v) is 20.3. The molecule has 0 unspecified atom stereocenters. The third kappa shape index (κ3) is 4.58. The molecule has 2 N–H and O–H groups in total. The van der Waals surface area contributed by atoms with Crippen LogP contribution in [0.25, 0.3) is 5.76 Å². The van der Waals surface area contributed by atoms with Crippen LogP contribution in [0.4, 0.5) is 5.69 Å². The fraction of sp³-hybridized carbons (Fsp3) is 0.231. The van der Waals surface area contributed by atoms with Gasteiger partial charge in [0.15, 0.2) is 0 Å². The van der Waals surface area contributed by atoms with Gasteiger partial charge in [-0.15, -0.1) is 0 Å². The van der Waals surface area contributed by atoms with Crippen LogP contribution in [0.3, 0.4) is 0 Å². The number of ether oxygens (including phenoxy) is 1. The number of hydrogen-bond donors (Lipinski definition) is 2. The highest BCUT2D eigenvalue weighted by molar-refractivity contribution is 6.46. The van der Waals surface area contributed by atoms with Crippen molar-refractivity contribution in [2.24, 2.45) is 0 Å². The average molecular weight is 504 g/mol. The van der Waals surface area contributed by atoms with Crippen LogP contribution in [-0.4, -0.2) is 49.2 Å². The van der Waals surface area contributed by atoms with E-state index in [1.165, 1.54) is 29.2 Å². The Kier molecular flexibility index (Phi) is 6.87. The van der Waals surface area contributed by atoms with Gasteiger partial charge in [0.1, 0.15) is 11.5 Å². The number of aryl methyl sites for hydroxylation is 1. The number of nitrogens with one attached hydrogen (secondary N) is 1. The van der Waals surface area contributed by atoms with E-state index < -0.39 is 34.4 Å². The maximum atomic E-state index is 13.3. The number of nitro groups is 1. The van der Waals surface area contributed by atoms with Gasteiger partial charge in [-0.25, -0.2) is 4.79 Å². The summed E-state index contributed by atoms with van der Waals surface area (Å²) in [6.45, 7) is 5.04. The van der Waals surface area contributed by atoms with E-state index in [9.17, 15) is 29.6 Å². The first kappa shape index (κ1) is 25.3. The Hall–Kier alpha value is -4.80. The molecule has 1 amide bonds. The van der Waals surface area contributed by atoms with E-state index in [-0.39, 0.29) is 35.7 Å². The van der Waals surface area contributed by atoms with Crippen LogP contribution in [0.15, 0.2) is 54.4 Å². The number of carbonyl (C=O) groups excluding carboxylic acids is 3. The molecular weight excluding hydrogens is 480 g/mol. The van der Waals surface area contributed by atoms with Gasteiger partial charge >= 0.3 is 5.97 Å². The monoisotopic (exact) mass is 504 g/mol. The number of hydrogen-bond acceptors (Lipinski definition) is 8. The number of benzene rings is 1. The summed E-state index contributed by atoms with van der Waals surface area (Å²) in [5.74, 6) is -2.84. The molecule has 0 bridgehead atoms. The van der Waals surface area contributed by atoms with E-state index in [1.54, 1.807) is 45.3 Å². The molecule has 1 saturated heterocycles. The van der Waals surface area contributed by atoms with Gasteiger partial charge in [-0.2, -0.15) is 0 Å². The van der Waals surface area contributed by atoms with Crippen molar-refractivity contribution in [1.82, 2.24) is 14.9 Å². The van der Waals surface area contributed by atoms with Crippen molar-refractivity contribution in [3.05, 3.63) is 98.1 Å². The number of non-ortho nitro benzene ring substituents is 1. The number of aromatic amines is 1. The van der Waals surface area contributed by atoms with Crippen LogP contribution in [0, 0.1) is 24.0 Å². The topological polar surface area (TPSA) is 156 Å². The molecule has 0 saturated carbocycles. The molecular formula is C26H24N4O7. The predicted octanol–water partition coefficient (Wildman–Crippen LogP) is 3.73. The fourth-order valence-corrected chi connectivity index (χ4v) is 4.50. The molecule has 11 heteroatoms. The van der Waals surface area contributed by atoms with Gasteiger partial charge in [0.25, 0.3) is 17.4 Å². The van der Waals surface area contributed by atoms with Crippen LogP contribution < -0.4 is 0 Å². The molecule has 1 aromatic carbocycles. The minimum absolute atomic E-state index is 0.00995. The molecule has 1 aliphatic rings. The van der Waals surface area contributed by atoms with Gasteiger partial charge < -0.3 is 19.7 Å². The molecule has 190 valence electrons. The Bertz CT molecular complexity index is 1430. The normalized spacial score (nSPS) is 16.7. The lowest BCUT2D eigenvalue weighted by Crippen LogP contribution is -2.29. The zero-order chi connectivity index (χ0) is 26.9. The molecule has 3 heterocycles. The first-order valence-electron chi connectivity index (χ1n) is 11.4. The number of aromatic nitrogens is 2. The summed E-state index contributed by atoms with van der Waals surface area (Å²) < 4.78 is 5.07. The lowest BCUT2D eigenvalue weighted by molar-refractivity contribution is -0.384. The van der Waals surface area contributed by atoms with Crippen LogP contribution in [0.1, 0.15) is 51.4 Å². The molecule has 0 aliphatic carbocycles. The quantitative estimate of drug-likeness (QED) is 0.123. The maximum absolute atomic E-state index is 13.3. The highest BCUT2D eigenvalue weighted by Gasteiger charge is 2.46. The summed E-state index contributed by atoms with van der Waals surface area (Å²) in [4.78, 5) is 57.7. The Morgan fingerprint density at radius 3 is 2.51 bits per heavy atom. The van der Waals surface area contributed by atoms with Gasteiger partial charge in [-0.1, -0.05) is 6.07 Å². The first-order chi connectivity index (χ1) is 17.6. The second kappa shape index (κ2) is 10.1. The molecule has 2 aromatic heterocycles. The molecule has 37 heavy (non-hydrogen) atoms. The highest BCUT2D eigenvalue weighted by atomic mass is 16.6. The average Bonchev–Trinajstić information content (AvgIpc) is 3.32. The van der Waals surface area contributed by atoms with E-state index in [0.29, 0.717) is 22.4 Å². The lowest BCUT2D eigenvalue weighted by atomic mass is 9.94. The number of aliphatic hydroxyl groups excluding tert-OH is 1. The standard InChI is InChI=1S/C26H24N4O7/c1-4-37-26(34)21-14(2)19(15(3)28-21)23(31)20-22(17-7-9-18(10-8-17)30(35)36)29(25(33)24(20)32)13-16-6-5-11-27-12-16/h5-12,22,28,31H,4,13H2,1-3H3/b23-20+/t22-/m0/s1. The van der Waals surface area contributed by atoms with Gasteiger partial charge in [0, 0.05) is 42.3 Å². The Labute approximate surface area is 211 Å². The van der Waals surface area contributed by atoms with Crippen molar-refractivity contribution in [2.75, 3.05) is 6.61 Å². The molecule has 1 atom stereocenters. The van der Waals surface area contributed by atoms with E-state index in [4.69, 9.17) is 4.74 Å². The minimum Gasteiger partial charge on any atom is -0.507 e. The first-order valence-corrected chi connectivity index (χ1v) is 11.4. The summed E-state index contributed by atoms with van der Waals surface area (Å²) in [5.41, 5.74) is 1.77. The summed E-state index contributed by atoms with van der Waals surface area (Å²) >= 11 is 0.